The highest BCUT2D eigenvalue weighted by Gasteiger charge is 2.30. The third-order valence-corrected chi connectivity index (χ3v) is 6.14. The Hall–Kier alpha value is -2.34. The summed E-state index contributed by atoms with van der Waals surface area (Å²) in [6, 6.07) is 12.2. The fourth-order valence-corrected chi connectivity index (χ4v) is 4.58. The number of nitrogens with one attached hydrogen (secondary N) is 1. The van der Waals surface area contributed by atoms with Gasteiger partial charge in [0.2, 0.25) is 15.9 Å². The number of carbonyl (C=O) groups excluding carboxylic acids is 1. The fraction of sp³-hybridized carbons (Fsp3) is 0.409. The van der Waals surface area contributed by atoms with Crippen molar-refractivity contribution in [1.29, 1.82) is 0 Å². The molecule has 1 N–H and O–H groups in total. The van der Waals surface area contributed by atoms with Gasteiger partial charge in [0.05, 0.1) is 18.0 Å². The second kappa shape index (κ2) is 8.78. The van der Waals surface area contributed by atoms with Crippen molar-refractivity contribution in [1.82, 2.24) is 5.32 Å². The van der Waals surface area contributed by atoms with E-state index in [0.717, 1.165) is 22.9 Å². The zero-order valence-electron chi connectivity index (χ0n) is 17.5. The van der Waals surface area contributed by atoms with Crippen molar-refractivity contribution >= 4 is 21.6 Å². The Morgan fingerprint density at radius 2 is 1.61 bits per heavy atom. The van der Waals surface area contributed by atoms with Crippen LogP contribution in [0.4, 0.5) is 5.69 Å². The number of aryl methyl sites for hydroxylation is 3. The maximum Gasteiger partial charge on any atom is 0.244 e. The summed E-state index contributed by atoms with van der Waals surface area (Å²) < 4.78 is 26.0. The molecule has 2 atom stereocenters. The number of sulfonamides is 1. The van der Waals surface area contributed by atoms with Crippen LogP contribution < -0.4 is 9.62 Å². The van der Waals surface area contributed by atoms with E-state index in [9.17, 15) is 13.2 Å². The Labute approximate surface area is 168 Å². The molecule has 0 aromatic heterocycles. The molecule has 0 aliphatic heterocycles. The van der Waals surface area contributed by atoms with Crippen molar-refractivity contribution in [3.63, 3.8) is 0 Å². The standard InChI is InChI=1S/C22H30N2O3S/c1-7-21(20-13-10-16(3)14-17(20)4)23-22(25)18(5)24(28(6,26)27)19-11-8-15(2)9-12-19/h8-14,18,21H,7H2,1-6H3,(H,23,25)/t18-,21+/m1/s1. The Balaban J connectivity index is 2.30. The van der Waals surface area contributed by atoms with Crippen molar-refractivity contribution in [2.75, 3.05) is 10.6 Å². The molecule has 0 saturated heterocycles. The predicted octanol–water partition coefficient (Wildman–Crippen LogP) is 4.03. The molecule has 0 radical (unpaired) electrons. The summed E-state index contributed by atoms with van der Waals surface area (Å²) in [6.45, 7) is 9.61. The molecular formula is C22H30N2O3S. The van der Waals surface area contributed by atoms with E-state index in [2.05, 4.69) is 11.4 Å². The molecule has 2 aromatic rings. The largest absolute Gasteiger partial charge is 0.347 e. The summed E-state index contributed by atoms with van der Waals surface area (Å²) in [5.41, 5.74) is 4.83. The van der Waals surface area contributed by atoms with Crippen LogP contribution >= 0.6 is 0 Å². The van der Waals surface area contributed by atoms with E-state index in [1.807, 2.05) is 52.0 Å². The van der Waals surface area contributed by atoms with Crippen molar-refractivity contribution < 1.29 is 13.2 Å². The van der Waals surface area contributed by atoms with Gasteiger partial charge in [0, 0.05) is 0 Å². The van der Waals surface area contributed by atoms with Crippen LogP contribution in [0.15, 0.2) is 42.5 Å². The smallest absolute Gasteiger partial charge is 0.244 e. The molecule has 2 rings (SSSR count). The lowest BCUT2D eigenvalue weighted by atomic mass is 9.97. The van der Waals surface area contributed by atoms with Crippen molar-refractivity contribution in [2.24, 2.45) is 0 Å². The van der Waals surface area contributed by atoms with Gasteiger partial charge < -0.3 is 5.32 Å². The summed E-state index contributed by atoms with van der Waals surface area (Å²) in [5.74, 6) is -0.321. The van der Waals surface area contributed by atoms with Gasteiger partial charge in [-0.1, -0.05) is 48.4 Å². The lowest BCUT2D eigenvalue weighted by Gasteiger charge is -2.30. The quantitative estimate of drug-likeness (QED) is 0.760. The lowest BCUT2D eigenvalue weighted by Crippen LogP contribution is -2.48. The molecular weight excluding hydrogens is 372 g/mol. The maximum absolute atomic E-state index is 13.0. The Bertz CT molecular complexity index is 937. The van der Waals surface area contributed by atoms with Crippen LogP contribution in [-0.4, -0.2) is 26.6 Å². The summed E-state index contributed by atoms with van der Waals surface area (Å²) in [6.07, 6.45) is 1.84. The van der Waals surface area contributed by atoms with E-state index in [4.69, 9.17) is 0 Å². The Morgan fingerprint density at radius 1 is 1.04 bits per heavy atom. The number of anilines is 1. The zero-order valence-corrected chi connectivity index (χ0v) is 18.3. The number of nitrogens with zero attached hydrogens (tertiary/aromatic N) is 1. The zero-order chi connectivity index (χ0) is 21.1. The van der Waals surface area contributed by atoms with Crippen LogP contribution in [0.3, 0.4) is 0 Å². The number of carbonyl (C=O) groups is 1. The van der Waals surface area contributed by atoms with Crippen molar-refractivity contribution in [3.8, 4) is 0 Å². The topological polar surface area (TPSA) is 66.5 Å². The molecule has 2 aromatic carbocycles. The summed E-state index contributed by atoms with van der Waals surface area (Å²) in [7, 11) is -3.62. The van der Waals surface area contributed by atoms with Gasteiger partial charge in [-0.2, -0.15) is 0 Å². The number of benzene rings is 2. The van der Waals surface area contributed by atoms with Crippen LogP contribution in [0, 0.1) is 20.8 Å². The summed E-state index contributed by atoms with van der Waals surface area (Å²) >= 11 is 0. The Morgan fingerprint density at radius 3 is 2.11 bits per heavy atom. The minimum Gasteiger partial charge on any atom is -0.347 e. The highest BCUT2D eigenvalue weighted by Crippen LogP contribution is 2.24. The molecule has 28 heavy (non-hydrogen) atoms. The average Bonchev–Trinajstić information content (AvgIpc) is 2.60. The van der Waals surface area contributed by atoms with E-state index in [0.29, 0.717) is 12.1 Å². The lowest BCUT2D eigenvalue weighted by molar-refractivity contribution is -0.122. The highest BCUT2D eigenvalue weighted by atomic mass is 32.2. The molecule has 0 spiro atoms. The molecule has 152 valence electrons. The number of amides is 1. The third-order valence-electron chi connectivity index (χ3n) is 4.90. The fourth-order valence-electron chi connectivity index (χ4n) is 3.41. The van der Waals surface area contributed by atoms with Gasteiger partial charge in [0.25, 0.3) is 0 Å². The van der Waals surface area contributed by atoms with Gasteiger partial charge in [-0.15, -0.1) is 0 Å². The first kappa shape index (κ1) is 22.0. The molecule has 0 aliphatic carbocycles. The molecule has 0 aliphatic rings. The van der Waals surface area contributed by atoms with E-state index >= 15 is 0 Å². The van der Waals surface area contributed by atoms with Gasteiger partial charge >= 0.3 is 0 Å². The molecule has 6 heteroatoms. The van der Waals surface area contributed by atoms with Crippen LogP contribution in [0.1, 0.15) is 48.6 Å². The van der Waals surface area contributed by atoms with E-state index < -0.39 is 16.1 Å². The van der Waals surface area contributed by atoms with Crippen LogP contribution in [0.5, 0.6) is 0 Å². The third kappa shape index (κ3) is 5.13. The normalized spacial score (nSPS) is 13.6. The maximum atomic E-state index is 13.0. The Kier molecular flexibility index (Phi) is 6.88. The van der Waals surface area contributed by atoms with Crippen molar-refractivity contribution in [3.05, 3.63) is 64.7 Å². The number of hydrogen-bond acceptors (Lipinski definition) is 3. The summed E-state index contributed by atoms with van der Waals surface area (Å²) in [5, 5.41) is 3.03. The number of hydrogen-bond donors (Lipinski definition) is 1. The molecule has 1 amide bonds. The van der Waals surface area contributed by atoms with Crippen LogP contribution in [0.2, 0.25) is 0 Å². The molecule has 0 fully saturated rings. The van der Waals surface area contributed by atoms with Crippen LogP contribution in [0.25, 0.3) is 0 Å². The average molecular weight is 403 g/mol. The van der Waals surface area contributed by atoms with Gasteiger partial charge in [-0.05, 0) is 57.4 Å². The minimum absolute atomic E-state index is 0.171. The summed E-state index contributed by atoms with van der Waals surface area (Å²) in [4.78, 5) is 13.0. The monoisotopic (exact) mass is 402 g/mol. The first-order valence-electron chi connectivity index (χ1n) is 9.48. The van der Waals surface area contributed by atoms with Gasteiger partial charge in [0.15, 0.2) is 0 Å². The molecule has 5 nitrogen and oxygen atoms in total. The van der Waals surface area contributed by atoms with E-state index in [1.165, 1.54) is 9.87 Å². The first-order valence-corrected chi connectivity index (χ1v) is 11.3. The van der Waals surface area contributed by atoms with Gasteiger partial charge in [-0.3, -0.25) is 9.10 Å². The second-order valence-corrected chi connectivity index (χ2v) is 9.26. The number of rotatable bonds is 7. The van der Waals surface area contributed by atoms with E-state index in [1.54, 1.807) is 19.1 Å². The minimum atomic E-state index is -3.62. The molecule has 0 bridgehead atoms. The van der Waals surface area contributed by atoms with Crippen LogP contribution in [-0.2, 0) is 14.8 Å². The highest BCUT2D eigenvalue weighted by molar-refractivity contribution is 7.92. The van der Waals surface area contributed by atoms with Crippen molar-refractivity contribution in [2.45, 2.75) is 53.1 Å². The molecule has 0 heterocycles. The molecule has 0 unspecified atom stereocenters. The van der Waals surface area contributed by atoms with Gasteiger partial charge in [0.1, 0.15) is 6.04 Å². The second-order valence-electron chi connectivity index (χ2n) is 7.40. The van der Waals surface area contributed by atoms with E-state index in [-0.39, 0.29) is 11.9 Å². The molecule has 0 saturated carbocycles. The first-order chi connectivity index (χ1) is 13.0. The SMILES string of the molecule is CC[C@H](NC(=O)[C@@H](C)N(c1ccc(C)cc1)S(C)(=O)=O)c1ccc(C)cc1C. The predicted molar refractivity (Wildman–Crippen MR) is 115 cm³/mol. The van der Waals surface area contributed by atoms with Gasteiger partial charge in [-0.25, -0.2) is 8.42 Å².